The van der Waals surface area contributed by atoms with Crippen LogP contribution in [0.5, 0.6) is 0 Å². The summed E-state index contributed by atoms with van der Waals surface area (Å²) in [6.45, 7) is 0. The number of para-hydroxylation sites is 4. The first-order valence-electron chi connectivity index (χ1n) is 34.1. The summed E-state index contributed by atoms with van der Waals surface area (Å²) < 4.78 is 0. The fourth-order valence-electron chi connectivity index (χ4n) is 17.0. The van der Waals surface area contributed by atoms with Crippen molar-refractivity contribution in [2.24, 2.45) is 0 Å². The molecule has 0 N–H and O–H groups in total. The van der Waals surface area contributed by atoms with Crippen LogP contribution in [0.4, 0.5) is 68.2 Å². The Morgan fingerprint density at radius 3 is 0.760 bits per heavy atom. The van der Waals surface area contributed by atoms with E-state index in [1.54, 1.807) is 0 Å². The normalized spacial score (nSPS) is 16.0. The number of fused-ring (bicyclic) bond motifs is 14. The fraction of sp³-hybridized carbons (Fsp3) is 0.0870. The van der Waals surface area contributed by atoms with E-state index in [0.717, 1.165) is 118 Å². The molecule has 14 aromatic carbocycles. The van der Waals surface area contributed by atoms with Gasteiger partial charge in [0.05, 0.1) is 0 Å². The fourth-order valence-corrected chi connectivity index (χ4v) is 17.0. The Hall–Kier alpha value is -11.7. The number of rotatable bonds is 13. The highest BCUT2D eigenvalue weighted by Crippen LogP contribution is 2.60. The summed E-state index contributed by atoms with van der Waals surface area (Å²) in [6, 6.07) is 131. The molecule has 0 saturated carbocycles. The highest BCUT2D eigenvalue weighted by molar-refractivity contribution is 5.92. The van der Waals surface area contributed by atoms with E-state index in [-0.39, 0.29) is 10.8 Å². The van der Waals surface area contributed by atoms with Crippen molar-refractivity contribution in [1.29, 1.82) is 0 Å². The lowest BCUT2D eigenvalue weighted by atomic mass is 9.64. The van der Waals surface area contributed by atoms with Crippen LogP contribution in [0, 0.1) is 0 Å². The third-order valence-electron chi connectivity index (χ3n) is 21.1. The molecule has 4 nitrogen and oxygen atoms in total. The molecule has 0 saturated heterocycles. The number of hydrogen-bond donors (Lipinski definition) is 0. The lowest BCUT2D eigenvalue weighted by Gasteiger charge is -2.38. The molecule has 18 rings (SSSR count). The van der Waals surface area contributed by atoms with E-state index in [2.05, 4.69) is 371 Å². The quantitative estimate of drug-likeness (QED) is 0.114. The van der Waals surface area contributed by atoms with Gasteiger partial charge >= 0.3 is 0 Å². The van der Waals surface area contributed by atoms with Crippen LogP contribution >= 0.6 is 0 Å². The molecule has 96 heavy (non-hydrogen) atoms. The number of nitrogens with zero attached hydrogens (tertiary/aromatic N) is 4. The zero-order valence-electron chi connectivity index (χ0n) is 53.5. The second-order valence-corrected chi connectivity index (χ2v) is 26.2. The Morgan fingerprint density at radius 1 is 0.188 bits per heavy atom. The number of aryl methyl sites for hydroxylation is 2. The summed E-state index contributed by atoms with van der Waals surface area (Å²) in [5, 5.41) is 0. The first-order chi connectivity index (χ1) is 47.6. The molecule has 0 aliphatic heterocycles. The maximum atomic E-state index is 2.52. The van der Waals surface area contributed by atoms with Crippen molar-refractivity contribution in [3.8, 4) is 33.4 Å². The molecule has 2 atom stereocenters. The van der Waals surface area contributed by atoms with E-state index in [1.807, 2.05) is 0 Å². The molecule has 0 aromatic heterocycles. The highest BCUT2D eigenvalue weighted by atomic mass is 15.2. The molecule has 0 radical (unpaired) electrons. The van der Waals surface area contributed by atoms with Crippen molar-refractivity contribution in [2.75, 3.05) is 19.6 Å². The molecule has 0 bridgehead atoms. The van der Waals surface area contributed by atoms with Crippen LogP contribution in [0.25, 0.3) is 33.4 Å². The van der Waals surface area contributed by atoms with Crippen LogP contribution in [-0.4, -0.2) is 0 Å². The van der Waals surface area contributed by atoms with Crippen molar-refractivity contribution < 1.29 is 0 Å². The third-order valence-corrected chi connectivity index (χ3v) is 21.1. The van der Waals surface area contributed by atoms with Crippen LogP contribution in [0.1, 0.15) is 70.2 Å². The third kappa shape index (κ3) is 9.42. The van der Waals surface area contributed by atoms with Gasteiger partial charge in [-0.15, -0.1) is 0 Å². The van der Waals surface area contributed by atoms with Gasteiger partial charge in [-0.25, -0.2) is 0 Å². The molecular weight excluding hydrogens is 1160 g/mol. The van der Waals surface area contributed by atoms with Crippen LogP contribution in [0.3, 0.4) is 0 Å². The number of benzene rings is 14. The Balaban J connectivity index is 0.740. The minimum atomic E-state index is -0.241. The number of hydrogen-bond acceptors (Lipinski definition) is 4. The Bertz CT molecular complexity index is 4760. The van der Waals surface area contributed by atoms with Gasteiger partial charge in [-0.05, 0) is 262 Å². The highest BCUT2D eigenvalue weighted by Gasteiger charge is 2.48. The average molecular weight is 1230 g/mol. The second-order valence-electron chi connectivity index (χ2n) is 26.2. The first kappa shape index (κ1) is 57.0. The van der Waals surface area contributed by atoms with E-state index in [1.165, 1.54) is 66.8 Å². The van der Waals surface area contributed by atoms with Gasteiger partial charge in [-0.2, -0.15) is 0 Å². The molecule has 14 aromatic rings. The SMILES string of the molecule is c1ccc(N(c2ccccc2)c2ccc(N(c3ccc(-c4ccc(N(c5ccc(N(c6ccccc6)c6ccccc6)cc5)c5ccc6c(c5)C5(CCCc7ccccc75)c5ccccc5-6)cc4)cc3)c3ccc4c(c3)C3(CCCc5ccccc53)c3ccccc3-4)cc2)cc1. The lowest BCUT2D eigenvalue weighted by molar-refractivity contribution is 0.507. The molecule has 4 aliphatic rings. The standard InChI is InChI=1S/C92H70N4/c1-5-27-69(28-6-1)93(70-29-7-2-8-30-70)75-49-53-77(54-50-75)95(79-57-59-83-81-35-15-19-39-87(81)91(89(83)63-79)61-21-25-67-23-13-17-37-85(67)91)73-45-41-65(42-46-73)66-43-47-74(48-44-66)96(78-55-51-76(52-56-78)94(71-31-9-3-10-32-71)72-33-11-4-12-34-72)80-58-60-84-82-36-16-20-40-88(82)92(90(84)64-80)62-22-26-68-24-14-18-38-86(68)92/h1-20,23-24,27-60,63-64H,21-22,25-26,61-62H2. The van der Waals surface area contributed by atoms with E-state index >= 15 is 0 Å². The molecule has 0 fully saturated rings. The molecule has 0 heterocycles. The summed E-state index contributed by atoms with van der Waals surface area (Å²) in [5.74, 6) is 0. The van der Waals surface area contributed by atoms with E-state index < -0.39 is 0 Å². The Kier molecular flexibility index (Phi) is 14.1. The van der Waals surface area contributed by atoms with Gasteiger partial charge in [0.2, 0.25) is 0 Å². The van der Waals surface area contributed by atoms with Gasteiger partial charge in [0, 0.05) is 79.1 Å². The minimum Gasteiger partial charge on any atom is -0.311 e. The van der Waals surface area contributed by atoms with Crippen molar-refractivity contribution in [1.82, 2.24) is 0 Å². The van der Waals surface area contributed by atoms with E-state index in [4.69, 9.17) is 0 Å². The summed E-state index contributed by atoms with van der Waals surface area (Å²) in [6.07, 6.45) is 6.60. The summed E-state index contributed by atoms with van der Waals surface area (Å²) in [5.41, 5.74) is 31.8. The van der Waals surface area contributed by atoms with Crippen LogP contribution in [-0.2, 0) is 23.7 Å². The first-order valence-corrected chi connectivity index (χ1v) is 34.1. The molecule has 4 aliphatic carbocycles. The molecule has 2 spiro atoms. The molecule has 2 unspecified atom stereocenters. The van der Waals surface area contributed by atoms with Gasteiger partial charge < -0.3 is 19.6 Å². The smallest absolute Gasteiger partial charge is 0.0467 e. The maximum Gasteiger partial charge on any atom is 0.0467 e. The monoisotopic (exact) mass is 1230 g/mol. The maximum absolute atomic E-state index is 2.52. The Morgan fingerprint density at radius 2 is 0.427 bits per heavy atom. The van der Waals surface area contributed by atoms with Crippen LogP contribution < -0.4 is 19.6 Å². The summed E-state index contributed by atoms with van der Waals surface area (Å²) >= 11 is 0. The summed E-state index contributed by atoms with van der Waals surface area (Å²) in [7, 11) is 0. The van der Waals surface area contributed by atoms with Crippen molar-refractivity contribution in [2.45, 2.75) is 49.4 Å². The van der Waals surface area contributed by atoms with Crippen molar-refractivity contribution in [3.05, 3.63) is 396 Å². The van der Waals surface area contributed by atoms with Gasteiger partial charge in [0.25, 0.3) is 0 Å². The van der Waals surface area contributed by atoms with Gasteiger partial charge in [0.1, 0.15) is 0 Å². The van der Waals surface area contributed by atoms with Crippen molar-refractivity contribution >= 4 is 68.2 Å². The molecular formula is C92H70N4. The van der Waals surface area contributed by atoms with E-state index in [0.29, 0.717) is 0 Å². The average Bonchev–Trinajstić information content (AvgIpc) is 1.55. The molecule has 4 heteroatoms. The summed E-state index contributed by atoms with van der Waals surface area (Å²) in [4.78, 5) is 9.60. The van der Waals surface area contributed by atoms with Gasteiger partial charge in [-0.1, -0.05) is 206 Å². The second kappa shape index (κ2) is 23.7. The number of anilines is 12. The zero-order valence-corrected chi connectivity index (χ0v) is 53.5. The van der Waals surface area contributed by atoms with E-state index in [9.17, 15) is 0 Å². The minimum absolute atomic E-state index is 0.241. The van der Waals surface area contributed by atoms with Crippen LogP contribution in [0.15, 0.2) is 352 Å². The predicted molar refractivity (Wildman–Crippen MR) is 400 cm³/mol. The zero-order chi connectivity index (χ0) is 63.6. The molecule has 458 valence electrons. The van der Waals surface area contributed by atoms with Gasteiger partial charge in [0.15, 0.2) is 0 Å². The predicted octanol–water partition coefficient (Wildman–Crippen LogP) is 24.5. The molecule has 0 amide bonds. The lowest BCUT2D eigenvalue weighted by Crippen LogP contribution is -2.31. The largest absolute Gasteiger partial charge is 0.311 e. The van der Waals surface area contributed by atoms with Gasteiger partial charge in [-0.3, -0.25) is 0 Å². The Labute approximate surface area is 563 Å². The topological polar surface area (TPSA) is 13.0 Å². The van der Waals surface area contributed by atoms with Crippen LogP contribution in [0.2, 0.25) is 0 Å². The van der Waals surface area contributed by atoms with Crippen molar-refractivity contribution in [3.63, 3.8) is 0 Å².